The molecule has 1 saturated heterocycles. The van der Waals surface area contributed by atoms with E-state index >= 15 is 0 Å². The van der Waals surface area contributed by atoms with Gasteiger partial charge in [0.2, 0.25) is 0 Å². The van der Waals surface area contributed by atoms with Crippen molar-refractivity contribution in [2.75, 3.05) is 25.1 Å². The number of hydrogen-bond donors (Lipinski definition) is 2. The molecule has 0 spiro atoms. The van der Waals surface area contributed by atoms with Crippen LogP contribution in [0.4, 0.5) is 5.69 Å². The quantitative estimate of drug-likeness (QED) is 0.829. The molecule has 1 unspecified atom stereocenters. The summed E-state index contributed by atoms with van der Waals surface area (Å²) in [6.07, 6.45) is 0.800. The fourth-order valence-corrected chi connectivity index (χ4v) is 1.90. The maximum Gasteiger partial charge on any atom is 0.0859 e. The van der Waals surface area contributed by atoms with Crippen LogP contribution in [0, 0.1) is 0 Å². The van der Waals surface area contributed by atoms with Crippen molar-refractivity contribution in [2.45, 2.75) is 12.0 Å². The fraction of sp³-hybridized carbons (Fsp3) is 0.455. The minimum atomic E-state index is -0.370. The van der Waals surface area contributed by atoms with Gasteiger partial charge in [-0.25, -0.2) is 0 Å². The zero-order chi connectivity index (χ0) is 10.7. The predicted molar refractivity (Wildman–Crippen MR) is 60.3 cm³/mol. The summed E-state index contributed by atoms with van der Waals surface area (Å²) in [6, 6.07) is 7.52. The van der Waals surface area contributed by atoms with E-state index in [1.54, 1.807) is 0 Å². The molecule has 2 rings (SSSR count). The van der Waals surface area contributed by atoms with E-state index in [1.165, 1.54) is 0 Å². The topological polar surface area (TPSA) is 41.5 Å². The monoisotopic (exact) mass is 227 g/mol. The SMILES string of the molecule is OCC1(Nc2ccccc2Cl)CCOC1. The highest BCUT2D eigenvalue weighted by molar-refractivity contribution is 6.33. The first-order valence-corrected chi connectivity index (χ1v) is 5.35. The van der Waals surface area contributed by atoms with E-state index in [1.807, 2.05) is 24.3 Å². The molecule has 0 radical (unpaired) electrons. The summed E-state index contributed by atoms with van der Waals surface area (Å²) >= 11 is 6.04. The lowest BCUT2D eigenvalue weighted by Gasteiger charge is -2.28. The Hall–Kier alpha value is -0.770. The molecule has 15 heavy (non-hydrogen) atoms. The van der Waals surface area contributed by atoms with E-state index < -0.39 is 0 Å². The molecule has 82 valence electrons. The van der Waals surface area contributed by atoms with Crippen molar-refractivity contribution in [1.82, 2.24) is 0 Å². The molecule has 1 aliphatic rings. The van der Waals surface area contributed by atoms with E-state index in [2.05, 4.69) is 5.32 Å². The molecule has 0 aromatic heterocycles. The van der Waals surface area contributed by atoms with Gasteiger partial charge in [-0.1, -0.05) is 23.7 Å². The number of halogens is 1. The van der Waals surface area contributed by atoms with Crippen LogP contribution in [0.2, 0.25) is 5.02 Å². The standard InChI is InChI=1S/C11H14ClNO2/c12-9-3-1-2-4-10(9)13-11(7-14)5-6-15-8-11/h1-4,13-14H,5-8H2. The van der Waals surface area contributed by atoms with Crippen LogP contribution >= 0.6 is 11.6 Å². The first-order chi connectivity index (χ1) is 7.26. The third-order valence-corrected chi connectivity index (χ3v) is 3.01. The molecular weight excluding hydrogens is 214 g/mol. The summed E-state index contributed by atoms with van der Waals surface area (Å²) < 4.78 is 5.30. The minimum absolute atomic E-state index is 0.0538. The van der Waals surface area contributed by atoms with Gasteiger partial charge < -0.3 is 15.2 Å². The molecule has 0 saturated carbocycles. The van der Waals surface area contributed by atoms with Crippen LogP contribution in [0.15, 0.2) is 24.3 Å². The molecule has 1 aromatic carbocycles. The minimum Gasteiger partial charge on any atom is -0.394 e. The van der Waals surface area contributed by atoms with Gasteiger partial charge in [-0.2, -0.15) is 0 Å². The van der Waals surface area contributed by atoms with Crippen molar-refractivity contribution in [3.8, 4) is 0 Å². The summed E-state index contributed by atoms with van der Waals surface area (Å²) in [5.41, 5.74) is 0.476. The van der Waals surface area contributed by atoms with Crippen molar-refractivity contribution in [1.29, 1.82) is 0 Å². The van der Waals surface area contributed by atoms with Crippen LogP contribution in [0.1, 0.15) is 6.42 Å². The lowest BCUT2D eigenvalue weighted by Crippen LogP contribution is -2.42. The normalized spacial score (nSPS) is 25.5. The Morgan fingerprint density at radius 3 is 2.87 bits per heavy atom. The lowest BCUT2D eigenvalue weighted by molar-refractivity contribution is 0.152. The second-order valence-electron chi connectivity index (χ2n) is 3.85. The number of rotatable bonds is 3. The number of para-hydroxylation sites is 1. The van der Waals surface area contributed by atoms with Gasteiger partial charge in [0.25, 0.3) is 0 Å². The van der Waals surface area contributed by atoms with Crippen molar-refractivity contribution >= 4 is 17.3 Å². The van der Waals surface area contributed by atoms with E-state index in [9.17, 15) is 5.11 Å². The molecule has 1 heterocycles. The molecule has 3 nitrogen and oxygen atoms in total. The van der Waals surface area contributed by atoms with Gasteiger partial charge in [-0.3, -0.25) is 0 Å². The van der Waals surface area contributed by atoms with Crippen LogP contribution in [-0.4, -0.2) is 30.5 Å². The van der Waals surface area contributed by atoms with E-state index in [0.29, 0.717) is 18.2 Å². The van der Waals surface area contributed by atoms with Crippen LogP contribution in [-0.2, 0) is 4.74 Å². The third kappa shape index (κ3) is 2.25. The van der Waals surface area contributed by atoms with Crippen LogP contribution in [0.5, 0.6) is 0 Å². The van der Waals surface area contributed by atoms with Crippen molar-refractivity contribution in [2.24, 2.45) is 0 Å². The second-order valence-corrected chi connectivity index (χ2v) is 4.25. The highest BCUT2D eigenvalue weighted by Crippen LogP contribution is 2.28. The Morgan fingerprint density at radius 1 is 1.47 bits per heavy atom. The van der Waals surface area contributed by atoms with Gasteiger partial charge in [0.05, 0.1) is 29.5 Å². The fourth-order valence-electron chi connectivity index (χ4n) is 1.72. The Kier molecular flexibility index (Phi) is 3.14. The molecule has 4 heteroatoms. The number of anilines is 1. The smallest absolute Gasteiger partial charge is 0.0859 e. The molecule has 0 bridgehead atoms. The molecule has 0 amide bonds. The van der Waals surface area contributed by atoms with Crippen LogP contribution < -0.4 is 5.32 Å². The number of ether oxygens (including phenoxy) is 1. The maximum absolute atomic E-state index is 9.38. The second kappa shape index (κ2) is 4.39. The summed E-state index contributed by atoms with van der Waals surface area (Å²) in [5.74, 6) is 0. The van der Waals surface area contributed by atoms with Gasteiger partial charge >= 0.3 is 0 Å². The number of hydrogen-bond acceptors (Lipinski definition) is 3. The molecule has 1 aliphatic heterocycles. The Balaban J connectivity index is 2.16. The van der Waals surface area contributed by atoms with Gasteiger partial charge in [0.1, 0.15) is 0 Å². The highest BCUT2D eigenvalue weighted by Gasteiger charge is 2.34. The summed E-state index contributed by atoms with van der Waals surface area (Å²) in [5, 5.41) is 13.3. The largest absolute Gasteiger partial charge is 0.394 e. The van der Waals surface area contributed by atoms with Gasteiger partial charge in [-0.05, 0) is 18.6 Å². The average Bonchev–Trinajstić information content (AvgIpc) is 2.71. The number of aliphatic hydroxyl groups excluding tert-OH is 1. The average molecular weight is 228 g/mol. The summed E-state index contributed by atoms with van der Waals surface area (Å²) in [7, 11) is 0. The van der Waals surface area contributed by atoms with Crippen LogP contribution in [0.3, 0.4) is 0 Å². The predicted octanol–water partition coefficient (Wildman–Crippen LogP) is 1.90. The Bertz CT molecular complexity index is 337. The van der Waals surface area contributed by atoms with Crippen LogP contribution in [0.25, 0.3) is 0 Å². The van der Waals surface area contributed by atoms with E-state index in [0.717, 1.165) is 12.1 Å². The lowest BCUT2D eigenvalue weighted by atomic mass is 9.99. The highest BCUT2D eigenvalue weighted by atomic mass is 35.5. The first-order valence-electron chi connectivity index (χ1n) is 4.97. The van der Waals surface area contributed by atoms with Gasteiger partial charge in [0, 0.05) is 6.61 Å². The number of aliphatic hydroxyl groups is 1. The maximum atomic E-state index is 9.38. The summed E-state index contributed by atoms with van der Waals surface area (Å²) in [6.45, 7) is 1.25. The zero-order valence-corrected chi connectivity index (χ0v) is 9.13. The molecule has 1 atom stereocenters. The van der Waals surface area contributed by atoms with Crippen molar-refractivity contribution < 1.29 is 9.84 Å². The van der Waals surface area contributed by atoms with Crippen molar-refractivity contribution in [3.05, 3.63) is 29.3 Å². The third-order valence-electron chi connectivity index (χ3n) is 2.68. The first kappa shape index (κ1) is 10.7. The van der Waals surface area contributed by atoms with E-state index in [-0.39, 0.29) is 12.1 Å². The zero-order valence-electron chi connectivity index (χ0n) is 8.37. The number of nitrogens with one attached hydrogen (secondary N) is 1. The van der Waals surface area contributed by atoms with Crippen molar-refractivity contribution in [3.63, 3.8) is 0 Å². The van der Waals surface area contributed by atoms with Gasteiger partial charge in [0.15, 0.2) is 0 Å². The molecular formula is C11H14ClNO2. The van der Waals surface area contributed by atoms with E-state index in [4.69, 9.17) is 16.3 Å². The molecule has 1 aromatic rings. The van der Waals surface area contributed by atoms with Gasteiger partial charge in [-0.15, -0.1) is 0 Å². The molecule has 2 N–H and O–H groups in total. The number of benzene rings is 1. The molecule has 0 aliphatic carbocycles. The Labute approximate surface area is 94.0 Å². The summed E-state index contributed by atoms with van der Waals surface area (Å²) in [4.78, 5) is 0. The Morgan fingerprint density at radius 2 is 2.27 bits per heavy atom. The molecule has 1 fully saturated rings.